The Balaban J connectivity index is 2.01. The normalized spacial score (nSPS) is 14.0. The molecular formula is C18H14N2O2. The number of aryl methyl sites for hydroxylation is 2. The first-order chi connectivity index (χ1) is 10.6. The smallest absolute Gasteiger partial charge is 0.266 e. The minimum absolute atomic E-state index is 0.241. The predicted molar refractivity (Wildman–Crippen MR) is 85.2 cm³/mol. The number of amides is 2. The van der Waals surface area contributed by atoms with Gasteiger partial charge in [-0.25, -0.2) is 4.90 Å². The van der Waals surface area contributed by atoms with Crippen LogP contribution in [0.1, 0.15) is 26.3 Å². The molecule has 0 radical (unpaired) electrons. The van der Waals surface area contributed by atoms with Gasteiger partial charge >= 0.3 is 0 Å². The monoisotopic (exact) mass is 290 g/mol. The summed E-state index contributed by atoms with van der Waals surface area (Å²) in [5.41, 5.74) is 3.45. The molecule has 108 valence electrons. The SMILES string of the molecule is Cc1cc2c(ccn2C)c2c1C(=O)N(c1ccccc1)C2=O. The Morgan fingerprint density at radius 3 is 2.32 bits per heavy atom. The highest BCUT2D eigenvalue weighted by Crippen LogP contribution is 2.35. The van der Waals surface area contributed by atoms with Gasteiger partial charge in [0.15, 0.2) is 0 Å². The van der Waals surface area contributed by atoms with Crippen LogP contribution in [0.25, 0.3) is 10.9 Å². The summed E-state index contributed by atoms with van der Waals surface area (Å²) in [5, 5.41) is 0.833. The van der Waals surface area contributed by atoms with Gasteiger partial charge in [-0.3, -0.25) is 9.59 Å². The molecule has 4 nitrogen and oxygen atoms in total. The highest BCUT2D eigenvalue weighted by molar-refractivity contribution is 6.38. The van der Waals surface area contributed by atoms with E-state index in [0.29, 0.717) is 16.8 Å². The van der Waals surface area contributed by atoms with E-state index in [-0.39, 0.29) is 11.8 Å². The van der Waals surface area contributed by atoms with Crippen LogP contribution >= 0.6 is 0 Å². The second-order valence-electron chi connectivity index (χ2n) is 5.58. The molecule has 0 saturated carbocycles. The molecule has 0 N–H and O–H groups in total. The van der Waals surface area contributed by atoms with Gasteiger partial charge < -0.3 is 4.57 Å². The Hall–Kier alpha value is -2.88. The van der Waals surface area contributed by atoms with Crippen LogP contribution in [-0.2, 0) is 7.05 Å². The van der Waals surface area contributed by atoms with E-state index in [4.69, 9.17) is 0 Å². The molecule has 0 unspecified atom stereocenters. The molecule has 1 aliphatic rings. The molecule has 1 aromatic heterocycles. The maximum absolute atomic E-state index is 12.9. The maximum atomic E-state index is 12.9. The van der Waals surface area contributed by atoms with Gasteiger partial charge in [-0.2, -0.15) is 0 Å². The zero-order chi connectivity index (χ0) is 15.4. The third kappa shape index (κ3) is 1.52. The average molecular weight is 290 g/mol. The molecule has 0 saturated heterocycles. The summed E-state index contributed by atoms with van der Waals surface area (Å²) in [6.45, 7) is 1.88. The van der Waals surface area contributed by atoms with Gasteiger partial charge in [-0.05, 0) is 36.8 Å². The van der Waals surface area contributed by atoms with Gasteiger partial charge in [0.2, 0.25) is 0 Å². The van der Waals surface area contributed by atoms with Crippen LogP contribution in [0.3, 0.4) is 0 Å². The number of nitrogens with zero attached hydrogens (tertiary/aromatic N) is 2. The van der Waals surface area contributed by atoms with Crippen molar-refractivity contribution >= 4 is 28.4 Å². The van der Waals surface area contributed by atoms with Gasteiger partial charge in [0, 0.05) is 24.1 Å². The maximum Gasteiger partial charge on any atom is 0.266 e. The number of hydrogen-bond acceptors (Lipinski definition) is 2. The Labute approximate surface area is 127 Å². The Kier molecular flexibility index (Phi) is 2.51. The Morgan fingerprint density at radius 1 is 0.909 bits per heavy atom. The molecule has 1 aliphatic heterocycles. The summed E-state index contributed by atoms with van der Waals surface area (Å²) in [6.07, 6.45) is 1.91. The van der Waals surface area contributed by atoms with E-state index in [1.807, 2.05) is 55.1 Å². The number of aromatic nitrogens is 1. The molecule has 0 bridgehead atoms. The number of para-hydroxylation sites is 1. The summed E-state index contributed by atoms with van der Waals surface area (Å²) in [5.74, 6) is -0.486. The largest absolute Gasteiger partial charge is 0.351 e. The van der Waals surface area contributed by atoms with Crippen LogP contribution in [0.2, 0.25) is 0 Å². The van der Waals surface area contributed by atoms with Gasteiger partial charge in [0.05, 0.1) is 16.8 Å². The van der Waals surface area contributed by atoms with E-state index in [0.717, 1.165) is 16.5 Å². The number of hydrogen-bond donors (Lipinski definition) is 0. The predicted octanol–water partition coefficient (Wildman–Crippen LogP) is 3.29. The van der Waals surface area contributed by atoms with Crippen LogP contribution in [0.4, 0.5) is 5.69 Å². The van der Waals surface area contributed by atoms with Crippen LogP contribution < -0.4 is 4.90 Å². The number of imide groups is 1. The van der Waals surface area contributed by atoms with Crippen molar-refractivity contribution in [3.8, 4) is 0 Å². The van der Waals surface area contributed by atoms with Crippen molar-refractivity contribution in [3.05, 3.63) is 65.4 Å². The van der Waals surface area contributed by atoms with E-state index in [1.54, 1.807) is 12.1 Å². The Morgan fingerprint density at radius 2 is 1.59 bits per heavy atom. The molecular weight excluding hydrogens is 276 g/mol. The van der Waals surface area contributed by atoms with Crippen LogP contribution in [0.15, 0.2) is 48.7 Å². The summed E-state index contributed by atoms with van der Waals surface area (Å²) >= 11 is 0. The van der Waals surface area contributed by atoms with E-state index < -0.39 is 0 Å². The fourth-order valence-electron chi connectivity index (χ4n) is 3.17. The lowest BCUT2D eigenvalue weighted by Gasteiger charge is -2.13. The molecule has 4 heteroatoms. The van der Waals surface area contributed by atoms with Gasteiger partial charge in [0.25, 0.3) is 11.8 Å². The van der Waals surface area contributed by atoms with Gasteiger partial charge in [-0.15, -0.1) is 0 Å². The number of benzene rings is 2. The van der Waals surface area contributed by atoms with Gasteiger partial charge in [0.1, 0.15) is 0 Å². The minimum atomic E-state index is -0.244. The quantitative estimate of drug-likeness (QED) is 0.645. The number of anilines is 1. The summed E-state index contributed by atoms with van der Waals surface area (Å²) in [4.78, 5) is 26.9. The standard InChI is InChI=1S/C18H14N2O2/c1-11-10-14-13(8-9-19(14)2)16-15(11)17(21)20(18(16)22)12-6-4-3-5-7-12/h3-10H,1-2H3. The van der Waals surface area contributed by atoms with Crippen molar-refractivity contribution in [1.29, 1.82) is 0 Å². The highest BCUT2D eigenvalue weighted by Gasteiger charge is 2.39. The summed E-state index contributed by atoms with van der Waals surface area (Å²) in [7, 11) is 1.93. The molecule has 2 amide bonds. The molecule has 0 spiro atoms. The first kappa shape index (κ1) is 12.8. The fourth-order valence-corrected chi connectivity index (χ4v) is 3.17. The minimum Gasteiger partial charge on any atom is -0.351 e. The molecule has 2 aromatic carbocycles. The zero-order valence-corrected chi connectivity index (χ0v) is 12.3. The number of carbonyl (C=O) groups is 2. The lowest BCUT2D eigenvalue weighted by atomic mass is 10.00. The molecule has 4 rings (SSSR count). The number of carbonyl (C=O) groups excluding carboxylic acids is 2. The van der Waals surface area contributed by atoms with E-state index in [9.17, 15) is 9.59 Å². The zero-order valence-electron chi connectivity index (χ0n) is 12.3. The molecule has 0 atom stereocenters. The fraction of sp³-hybridized carbons (Fsp3) is 0.111. The van der Waals surface area contributed by atoms with Crippen molar-refractivity contribution in [2.24, 2.45) is 7.05 Å². The van der Waals surface area contributed by atoms with Crippen LogP contribution in [-0.4, -0.2) is 16.4 Å². The van der Waals surface area contributed by atoms with E-state index >= 15 is 0 Å². The highest BCUT2D eigenvalue weighted by atomic mass is 16.2. The average Bonchev–Trinajstić information content (AvgIpc) is 3.00. The van der Waals surface area contributed by atoms with E-state index in [1.165, 1.54) is 4.90 Å². The summed E-state index contributed by atoms with van der Waals surface area (Å²) < 4.78 is 1.96. The van der Waals surface area contributed by atoms with Crippen molar-refractivity contribution in [2.75, 3.05) is 4.90 Å². The molecule has 3 aromatic rings. The lowest BCUT2D eigenvalue weighted by molar-refractivity contribution is 0.0926. The lowest BCUT2D eigenvalue weighted by Crippen LogP contribution is -2.29. The number of rotatable bonds is 1. The first-order valence-corrected chi connectivity index (χ1v) is 7.12. The van der Waals surface area contributed by atoms with Crippen molar-refractivity contribution < 1.29 is 9.59 Å². The third-order valence-corrected chi connectivity index (χ3v) is 4.24. The third-order valence-electron chi connectivity index (χ3n) is 4.24. The van der Waals surface area contributed by atoms with Crippen molar-refractivity contribution in [1.82, 2.24) is 4.57 Å². The van der Waals surface area contributed by atoms with Crippen LogP contribution in [0.5, 0.6) is 0 Å². The van der Waals surface area contributed by atoms with Crippen LogP contribution in [0, 0.1) is 6.92 Å². The molecule has 2 heterocycles. The van der Waals surface area contributed by atoms with Crippen molar-refractivity contribution in [3.63, 3.8) is 0 Å². The van der Waals surface area contributed by atoms with E-state index in [2.05, 4.69) is 0 Å². The first-order valence-electron chi connectivity index (χ1n) is 7.12. The molecule has 0 fully saturated rings. The second kappa shape index (κ2) is 4.31. The van der Waals surface area contributed by atoms with Crippen molar-refractivity contribution in [2.45, 2.75) is 6.92 Å². The number of fused-ring (bicyclic) bond motifs is 3. The second-order valence-corrected chi connectivity index (χ2v) is 5.58. The molecule has 0 aliphatic carbocycles. The molecule has 22 heavy (non-hydrogen) atoms. The summed E-state index contributed by atoms with van der Waals surface area (Å²) in [6, 6.07) is 12.9. The van der Waals surface area contributed by atoms with Gasteiger partial charge in [-0.1, -0.05) is 18.2 Å². The topological polar surface area (TPSA) is 42.3 Å². The Bertz CT molecular complexity index is 939.